The molecule has 2 aromatic rings. The van der Waals surface area contributed by atoms with Crippen molar-refractivity contribution in [2.75, 3.05) is 18.0 Å². The first-order valence-corrected chi connectivity index (χ1v) is 7.49. The van der Waals surface area contributed by atoms with E-state index in [-0.39, 0.29) is 0 Å². The summed E-state index contributed by atoms with van der Waals surface area (Å²) in [5.41, 5.74) is 2.38. The molecule has 21 heavy (non-hydrogen) atoms. The molecule has 1 atom stereocenters. The van der Waals surface area contributed by atoms with E-state index >= 15 is 0 Å². The van der Waals surface area contributed by atoms with Crippen molar-refractivity contribution in [3.63, 3.8) is 0 Å². The average molecular weight is 283 g/mol. The second kappa shape index (κ2) is 6.63. The van der Waals surface area contributed by atoms with Crippen LogP contribution in [0.3, 0.4) is 0 Å². The minimum absolute atomic E-state index is 0.486. The summed E-state index contributed by atoms with van der Waals surface area (Å²) in [6.07, 6.45) is 5.94. The molecule has 1 aliphatic heterocycles. The Morgan fingerprint density at radius 3 is 3.00 bits per heavy atom. The molecular formula is C16H21N5. The summed E-state index contributed by atoms with van der Waals surface area (Å²) in [6, 6.07) is 8.59. The van der Waals surface area contributed by atoms with E-state index in [1.807, 2.05) is 24.4 Å². The molecule has 1 fully saturated rings. The lowest BCUT2D eigenvalue weighted by Crippen LogP contribution is -2.45. The van der Waals surface area contributed by atoms with Gasteiger partial charge in [-0.25, -0.2) is 0 Å². The third-order valence-corrected chi connectivity index (χ3v) is 4.00. The number of hydrogen-bond donors (Lipinski definition) is 1. The maximum absolute atomic E-state index is 4.34. The summed E-state index contributed by atoms with van der Waals surface area (Å²) in [6.45, 7) is 4.98. The van der Waals surface area contributed by atoms with Crippen LogP contribution >= 0.6 is 0 Å². The topological polar surface area (TPSA) is 53.9 Å². The first-order chi connectivity index (χ1) is 10.3. The first kappa shape index (κ1) is 13.9. The van der Waals surface area contributed by atoms with Crippen LogP contribution in [0.5, 0.6) is 0 Å². The van der Waals surface area contributed by atoms with E-state index < -0.39 is 0 Å². The van der Waals surface area contributed by atoms with Gasteiger partial charge in [0.25, 0.3) is 0 Å². The summed E-state index contributed by atoms with van der Waals surface area (Å²) in [5.74, 6) is 0.974. The Morgan fingerprint density at radius 2 is 2.19 bits per heavy atom. The zero-order valence-corrected chi connectivity index (χ0v) is 12.4. The van der Waals surface area contributed by atoms with Crippen LogP contribution in [-0.2, 0) is 6.54 Å². The Balaban J connectivity index is 1.58. The molecule has 0 aromatic carbocycles. The van der Waals surface area contributed by atoms with Crippen molar-refractivity contribution >= 4 is 5.82 Å². The van der Waals surface area contributed by atoms with Gasteiger partial charge in [-0.05, 0) is 43.5 Å². The molecule has 3 rings (SSSR count). The standard InChI is InChI=1S/C16H21N5/c1-13-14(5-2-8-17-13)11-18-15-6-4-10-21(12-15)16-7-3-9-19-20-16/h2-3,5,7-9,15,18H,4,6,10-12H2,1H3. The summed E-state index contributed by atoms with van der Waals surface area (Å²) in [7, 11) is 0. The Kier molecular flexibility index (Phi) is 4.40. The van der Waals surface area contributed by atoms with Crippen LogP contribution in [-0.4, -0.2) is 34.3 Å². The van der Waals surface area contributed by atoms with Crippen LogP contribution in [0.15, 0.2) is 36.7 Å². The molecule has 1 N–H and O–H groups in total. The van der Waals surface area contributed by atoms with Gasteiger partial charge in [-0.15, -0.1) is 5.10 Å². The molecule has 0 saturated carbocycles. The van der Waals surface area contributed by atoms with Crippen molar-refractivity contribution in [3.05, 3.63) is 47.9 Å². The lowest BCUT2D eigenvalue weighted by molar-refractivity contribution is 0.419. The van der Waals surface area contributed by atoms with Gasteiger partial charge in [-0.2, -0.15) is 5.10 Å². The highest BCUT2D eigenvalue weighted by molar-refractivity contribution is 5.37. The summed E-state index contributed by atoms with van der Waals surface area (Å²) < 4.78 is 0. The van der Waals surface area contributed by atoms with Gasteiger partial charge in [0.2, 0.25) is 0 Å². The van der Waals surface area contributed by atoms with Crippen molar-refractivity contribution in [1.29, 1.82) is 0 Å². The highest BCUT2D eigenvalue weighted by Gasteiger charge is 2.20. The maximum Gasteiger partial charge on any atom is 0.151 e. The summed E-state index contributed by atoms with van der Waals surface area (Å²) in [5, 5.41) is 11.8. The van der Waals surface area contributed by atoms with E-state index in [1.165, 1.54) is 18.4 Å². The molecule has 1 saturated heterocycles. The van der Waals surface area contributed by atoms with E-state index in [2.05, 4.69) is 38.4 Å². The number of nitrogens with one attached hydrogen (secondary N) is 1. The highest BCUT2D eigenvalue weighted by atomic mass is 15.3. The lowest BCUT2D eigenvalue weighted by atomic mass is 10.1. The molecule has 0 amide bonds. The Bertz CT molecular complexity index is 572. The van der Waals surface area contributed by atoms with E-state index in [0.717, 1.165) is 31.1 Å². The molecule has 1 aliphatic rings. The molecule has 5 nitrogen and oxygen atoms in total. The molecule has 5 heteroatoms. The molecular weight excluding hydrogens is 262 g/mol. The smallest absolute Gasteiger partial charge is 0.151 e. The predicted octanol–water partition coefficient (Wildman–Crippen LogP) is 1.94. The van der Waals surface area contributed by atoms with Gasteiger partial charge < -0.3 is 10.2 Å². The molecule has 1 unspecified atom stereocenters. The maximum atomic E-state index is 4.34. The van der Waals surface area contributed by atoms with Gasteiger partial charge in [0.1, 0.15) is 0 Å². The van der Waals surface area contributed by atoms with Crippen LogP contribution in [0.4, 0.5) is 5.82 Å². The van der Waals surface area contributed by atoms with Crippen LogP contribution in [0, 0.1) is 6.92 Å². The van der Waals surface area contributed by atoms with Crippen molar-refractivity contribution in [1.82, 2.24) is 20.5 Å². The van der Waals surface area contributed by atoms with Gasteiger partial charge in [-0.3, -0.25) is 4.98 Å². The summed E-state index contributed by atoms with van der Waals surface area (Å²) >= 11 is 0. The first-order valence-electron chi connectivity index (χ1n) is 7.49. The summed E-state index contributed by atoms with van der Waals surface area (Å²) in [4.78, 5) is 6.65. The zero-order valence-electron chi connectivity index (χ0n) is 12.4. The second-order valence-electron chi connectivity index (χ2n) is 5.50. The van der Waals surface area contributed by atoms with Gasteiger partial charge >= 0.3 is 0 Å². The Morgan fingerprint density at radius 1 is 1.29 bits per heavy atom. The van der Waals surface area contributed by atoms with Crippen LogP contribution in [0.25, 0.3) is 0 Å². The quantitative estimate of drug-likeness (QED) is 0.929. The van der Waals surface area contributed by atoms with E-state index in [9.17, 15) is 0 Å². The van der Waals surface area contributed by atoms with Crippen LogP contribution in [0.2, 0.25) is 0 Å². The average Bonchev–Trinajstić information content (AvgIpc) is 2.55. The van der Waals surface area contributed by atoms with E-state index in [0.29, 0.717) is 6.04 Å². The Labute approximate surface area is 125 Å². The number of nitrogens with zero attached hydrogens (tertiary/aromatic N) is 4. The number of anilines is 1. The SMILES string of the molecule is Cc1ncccc1CNC1CCCN(c2cccnn2)C1. The minimum atomic E-state index is 0.486. The molecule has 110 valence electrons. The third kappa shape index (κ3) is 3.55. The number of hydrogen-bond acceptors (Lipinski definition) is 5. The lowest BCUT2D eigenvalue weighted by Gasteiger charge is -2.33. The van der Waals surface area contributed by atoms with Gasteiger partial charge in [0.05, 0.1) is 0 Å². The van der Waals surface area contributed by atoms with Gasteiger partial charge in [0.15, 0.2) is 5.82 Å². The fraction of sp³-hybridized carbons (Fsp3) is 0.438. The van der Waals surface area contributed by atoms with Crippen molar-refractivity contribution in [2.45, 2.75) is 32.4 Å². The third-order valence-electron chi connectivity index (χ3n) is 4.00. The van der Waals surface area contributed by atoms with Gasteiger partial charge in [0, 0.05) is 43.8 Å². The second-order valence-corrected chi connectivity index (χ2v) is 5.50. The molecule has 0 aliphatic carbocycles. The van der Waals surface area contributed by atoms with Gasteiger partial charge in [-0.1, -0.05) is 6.07 Å². The monoisotopic (exact) mass is 283 g/mol. The molecule has 0 spiro atoms. The predicted molar refractivity (Wildman–Crippen MR) is 83.1 cm³/mol. The number of aromatic nitrogens is 3. The number of piperidine rings is 1. The van der Waals surface area contributed by atoms with Crippen molar-refractivity contribution in [3.8, 4) is 0 Å². The Hall–Kier alpha value is -2.01. The van der Waals surface area contributed by atoms with E-state index in [1.54, 1.807) is 6.20 Å². The number of rotatable bonds is 4. The van der Waals surface area contributed by atoms with Crippen LogP contribution in [0.1, 0.15) is 24.1 Å². The molecule has 0 radical (unpaired) electrons. The van der Waals surface area contributed by atoms with Crippen molar-refractivity contribution < 1.29 is 0 Å². The fourth-order valence-electron chi connectivity index (χ4n) is 2.77. The molecule has 3 heterocycles. The largest absolute Gasteiger partial charge is 0.354 e. The molecule has 0 bridgehead atoms. The van der Waals surface area contributed by atoms with E-state index in [4.69, 9.17) is 0 Å². The van der Waals surface area contributed by atoms with Crippen molar-refractivity contribution in [2.24, 2.45) is 0 Å². The normalized spacial score (nSPS) is 18.7. The fourth-order valence-corrected chi connectivity index (χ4v) is 2.77. The number of pyridine rings is 1. The molecule has 2 aromatic heterocycles. The zero-order chi connectivity index (χ0) is 14.5. The highest BCUT2D eigenvalue weighted by Crippen LogP contribution is 2.17. The van der Waals surface area contributed by atoms with Crippen LogP contribution < -0.4 is 10.2 Å². The number of aryl methyl sites for hydroxylation is 1. The minimum Gasteiger partial charge on any atom is -0.354 e.